The summed E-state index contributed by atoms with van der Waals surface area (Å²) in [7, 11) is 1.76. The van der Waals surface area contributed by atoms with Gasteiger partial charge in [-0.2, -0.15) is 0 Å². The van der Waals surface area contributed by atoms with E-state index in [2.05, 4.69) is 73.7 Å². The summed E-state index contributed by atoms with van der Waals surface area (Å²) in [6, 6.07) is 19.4. The van der Waals surface area contributed by atoms with Crippen molar-refractivity contribution in [2.45, 2.75) is 13.3 Å². The molecule has 1 aliphatic rings. The molecular weight excluding hydrogens is 280 g/mol. The van der Waals surface area contributed by atoms with Gasteiger partial charge in [0.15, 0.2) is 0 Å². The minimum Gasteiger partial charge on any atom is -0.496 e. The molecule has 23 heavy (non-hydrogen) atoms. The maximum atomic E-state index is 5.71. The largest absolute Gasteiger partial charge is 0.496 e. The summed E-state index contributed by atoms with van der Waals surface area (Å²) in [5, 5.41) is 2.53. The highest BCUT2D eigenvalue weighted by Crippen LogP contribution is 2.41. The monoisotopic (exact) mass is 300 g/mol. The number of ether oxygens (including phenoxy) is 1. The molecule has 0 fully saturated rings. The van der Waals surface area contributed by atoms with Crippen LogP contribution in [0.1, 0.15) is 18.1 Å². The van der Waals surface area contributed by atoms with E-state index < -0.39 is 0 Å². The smallest absolute Gasteiger partial charge is 0.127 e. The average Bonchev–Trinajstić information content (AvgIpc) is 2.60. The van der Waals surface area contributed by atoms with Gasteiger partial charge in [0.1, 0.15) is 5.75 Å². The van der Waals surface area contributed by atoms with E-state index in [9.17, 15) is 0 Å². The number of rotatable bonds is 2. The molecule has 1 aliphatic carbocycles. The third-order valence-corrected chi connectivity index (χ3v) is 4.71. The van der Waals surface area contributed by atoms with Crippen LogP contribution in [-0.2, 0) is 6.42 Å². The molecule has 0 amide bonds. The third-order valence-electron chi connectivity index (χ3n) is 4.71. The van der Waals surface area contributed by atoms with Gasteiger partial charge in [-0.15, -0.1) is 0 Å². The molecule has 0 bridgehead atoms. The van der Waals surface area contributed by atoms with E-state index in [0.717, 1.165) is 12.2 Å². The van der Waals surface area contributed by atoms with Crippen LogP contribution in [0.15, 0.2) is 60.7 Å². The molecule has 1 atom stereocenters. The van der Waals surface area contributed by atoms with E-state index in [1.165, 1.54) is 33.0 Å². The Balaban J connectivity index is 2.06. The van der Waals surface area contributed by atoms with Crippen molar-refractivity contribution in [1.29, 1.82) is 0 Å². The van der Waals surface area contributed by atoms with Crippen molar-refractivity contribution in [3.8, 4) is 16.9 Å². The summed E-state index contributed by atoms with van der Waals surface area (Å²) in [5.74, 6) is 1.54. The fraction of sp³-hybridized carbons (Fsp3) is 0.182. The molecule has 0 saturated carbocycles. The highest BCUT2D eigenvalue weighted by atomic mass is 16.5. The maximum absolute atomic E-state index is 5.71. The van der Waals surface area contributed by atoms with Gasteiger partial charge in [-0.3, -0.25) is 0 Å². The van der Waals surface area contributed by atoms with Crippen molar-refractivity contribution in [3.05, 3.63) is 71.8 Å². The van der Waals surface area contributed by atoms with Crippen molar-refractivity contribution >= 4 is 16.8 Å². The summed E-state index contributed by atoms with van der Waals surface area (Å²) in [6.07, 6.45) is 5.66. The Morgan fingerprint density at radius 2 is 1.78 bits per heavy atom. The van der Waals surface area contributed by atoms with E-state index >= 15 is 0 Å². The van der Waals surface area contributed by atoms with E-state index in [1.807, 2.05) is 0 Å². The molecule has 0 N–H and O–H groups in total. The van der Waals surface area contributed by atoms with Gasteiger partial charge in [0.05, 0.1) is 7.11 Å². The Kier molecular flexibility index (Phi) is 3.42. The minimum atomic E-state index is 0.594. The van der Waals surface area contributed by atoms with Gasteiger partial charge in [0.2, 0.25) is 0 Å². The van der Waals surface area contributed by atoms with E-state index in [4.69, 9.17) is 4.74 Å². The normalized spacial score (nSPS) is 16.3. The minimum absolute atomic E-state index is 0.594. The van der Waals surface area contributed by atoms with Gasteiger partial charge in [-0.05, 0) is 45.9 Å². The summed E-state index contributed by atoms with van der Waals surface area (Å²) in [4.78, 5) is 0. The highest BCUT2D eigenvalue weighted by Gasteiger charge is 2.19. The van der Waals surface area contributed by atoms with Crippen molar-refractivity contribution in [2.75, 3.05) is 7.11 Å². The fourth-order valence-corrected chi connectivity index (χ4v) is 3.58. The number of hydrogen-bond donors (Lipinski definition) is 0. The molecular formula is C22H20O. The number of methoxy groups -OCH3 is 1. The molecule has 0 heterocycles. The predicted octanol–water partition coefficient (Wildman–Crippen LogP) is 5.72. The van der Waals surface area contributed by atoms with Crippen LogP contribution in [0.2, 0.25) is 0 Å². The molecule has 0 aliphatic heterocycles. The van der Waals surface area contributed by atoms with Crippen LogP contribution in [0.25, 0.3) is 28.0 Å². The number of fused-ring (bicyclic) bond motifs is 2. The van der Waals surface area contributed by atoms with Gasteiger partial charge in [-0.1, -0.05) is 67.6 Å². The third kappa shape index (κ3) is 2.33. The van der Waals surface area contributed by atoms with Crippen LogP contribution in [0, 0.1) is 5.92 Å². The first kappa shape index (κ1) is 14.1. The first-order chi connectivity index (χ1) is 11.3. The molecule has 3 aromatic carbocycles. The van der Waals surface area contributed by atoms with Gasteiger partial charge in [-0.25, -0.2) is 0 Å². The number of benzene rings is 3. The molecule has 0 aromatic heterocycles. The molecule has 0 radical (unpaired) electrons. The molecule has 1 unspecified atom stereocenters. The fourth-order valence-electron chi connectivity index (χ4n) is 3.58. The van der Waals surface area contributed by atoms with Gasteiger partial charge in [0.25, 0.3) is 0 Å². The number of allylic oxidation sites excluding steroid dienone is 1. The molecule has 1 heteroatoms. The maximum Gasteiger partial charge on any atom is 0.127 e. The lowest BCUT2D eigenvalue weighted by Crippen LogP contribution is -2.05. The van der Waals surface area contributed by atoms with E-state index in [1.54, 1.807) is 7.11 Å². The number of hydrogen-bond acceptors (Lipinski definition) is 1. The lowest BCUT2D eigenvalue weighted by atomic mass is 9.84. The molecule has 0 spiro atoms. The SMILES string of the molecule is COc1ccc2c(c1-c1cccc3ccccc13)C=CC(C)C2. The van der Waals surface area contributed by atoms with Crippen LogP contribution in [0.5, 0.6) is 5.75 Å². The summed E-state index contributed by atoms with van der Waals surface area (Å²) >= 11 is 0. The molecule has 3 aromatic rings. The Bertz CT molecular complexity index is 900. The zero-order chi connectivity index (χ0) is 15.8. The van der Waals surface area contributed by atoms with Crippen molar-refractivity contribution in [3.63, 3.8) is 0 Å². The summed E-state index contributed by atoms with van der Waals surface area (Å²) in [6.45, 7) is 2.27. The Labute approximate surface area is 137 Å². The van der Waals surface area contributed by atoms with E-state index in [-0.39, 0.29) is 0 Å². The van der Waals surface area contributed by atoms with Crippen molar-refractivity contribution in [2.24, 2.45) is 5.92 Å². The Morgan fingerprint density at radius 3 is 2.65 bits per heavy atom. The highest BCUT2D eigenvalue weighted by molar-refractivity contribution is 6.00. The van der Waals surface area contributed by atoms with Crippen LogP contribution in [-0.4, -0.2) is 7.11 Å². The summed E-state index contributed by atoms with van der Waals surface area (Å²) < 4.78 is 5.71. The second-order valence-corrected chi connectivity index (χ2v) is 6.28. The van der Waals surface area contributed by atoms with E-state index in [0.29, 0.717) is 5.92 Å². The van der Waals surface area contributed by atoms with Crippen molar-refractivity contribution in [1.82, 2.24) is 0 Å². The summed E-state index contributed by atoms with van der Waals surface area (Å²) in [5.41, 5.74) is 5.17. The first-order valence-corrected chi connectivity index (χ1v) is 8.14. The van der Waals surface area contributed by atoms with Crippen LogP contribution in [0.4, 0.5) is 0 Å². The zero-order valence-electron chi connectivity index (χ0n) is 13.5. The lowest BCUT2D eigenvalue weighted by molar-refractivity contribution is 0.416. The molecule has 0 saturated heterocycles. The molecule has 4 rings (SSSR count). The van der Waals surface area contributed by atoms with Crippen LogP contribution >= 0.6 is 0 Å². The van der Waals surface area contributed by atoms with Crippen LogP contribution in [0.3, 0.4) is 0 Å². The lowest BCUT2D eigenvalue weighted by Gasteiger charge is -2.22. The zero-order valence-corrected chi connectivity index (χ0v) is 13.5. The molecule has 114 valence electrons. The van der Waals surface area contributed by atoms with Crippen LogP contribution < -0.4 is 4.74 Å². The predicted molar refractivity (Wildman–Crippen MR) is 97.8 cm³/mol. The first-order valence-electron chi connectivity index (χ1n) is 8.14. The Hall–Kier alpha value is -2.54. The standard InChI is InChI=1S/C22H20O/c1-15-10-12-19-17(14-15)11-13-21(23-2)22(19)20-9-5-7-16-6-3-4-8-18(16)20/h3-13,15H,14H2,1-2H3. The second-order valence-electron chi connectivity index (χ2n) is 6.28. The van der Waals surface area contributed by atoms with Gasteiger partial charge < -0.3 is 4.74 Å². The quantitative estimate of drug-likeness (QED) is 0.588. The van der Waals surface area contributed by atoms with Gasteiger partial charge in [0, 0.05) is 5.56 Å². The topological polar surface area (TPSA) is 9.23 Å². The molecule has 1 nitrogen and oxygen atoms in total. The Morgan fingerprint density at radius 1 is 0.957 bits per heavy atom. The van der Waals surface area contributed by atoms with Gasteiger partial charge >= 0.3 is 0 Å². The second kappa shape index (κ2) is 5.58. The average molecular weight is 300 g/mol. The van der Waals surface area contributed by atoms with Crippen molar-refractivity contribution < 1.29 is 4.74 Å².